The molecule has 1 atom stereocenters. The van der Waals surface area contributed by atoms with E-state index in [0.717, 1.165) is 60.9 Å². The van der Waals surface area contributed by atoms with Crippen molar-refractivity contribution in [2.75, 3.05) is 13.1 Å². The van der Waals surface area contributed by atoms with Crippen LogP contribution in [0.5, 0.6) is 0 Å². The summed E-state index contributed by atoms with van der Waals surface area (Å²) in [7, 11) is 0. The van der Waals surface area contributed by atoms with Gasteiger partial charge in [-0.3, -0.25) is 9.69 Å². The van der Waals surface area contributed by atoms with Crippen LogP contribution in [0.3, 0.4) is 0 Å². The lowest BCUT2D eigenvalue weighted by Gasteiger charge is -2.39. The van der Waals surface area contributed by atoms with Gasteiger partial charge in [0.1, 0.15) is 0 Å². The molecule has 2 aliphatic rings. The summed E-state index contributed by atoms with van der Waals surface area (Å²) in [5.74, 6) is 0.890. The van der Waals surface area contributed by atoms with Crippen LogP contribution < -0.4 is 0 Å². The first-order valence-corrected chi connectivity index (χ1v) is 11.9. The highest BCUT2D eigenvalue weighted by Crippen LogP contribution is 2.27. The Morgan fingerprint density at radius 1 is 1.03 bits per heavy atom. The molecule has 1 unspecified atom stereocenters. The highest BCUT2D eigenvalue weighted by atomic mass is 35.5. The lowest BCUT2D eigenvalue weighted by molar-refractivity contribution is -0.139. The molecule has 0 bridgehead atoms. The third-order valence-electron chi connectivity index (χ3n) is 6.87. The van der Waals surface area contributed by atoms with E-state index < -0.39 is 0 Å². The second-order valence-corrected chi connectivity index (χ2v) is 9.47. The number of imidazole rings is 1. The Morgan fingerprint density at radius 2 is 1.78 bits per heavy atom. The summed E-state index contributed by atoms with van der Waals surface area (Å²) in [4.78, 5) is 25.7. The number of hydrogen-bond donors (Lipinski definition) is 1. The van der Waals surface area contributed by atoms with E-state index in [1.165, 1.54) is 5.56 Å². The number of likely N-dealkylation sites (tertiary alicyclic amines) is 1. The van der Waals surface area contributed by atoms with Gasteiger partial charge in [-0.05, 0) is 48.4 Å². The molecule has 1 N–H and O–H groups in total. The van der Waals surface area contributed by atoms with Crippen molar-refractivity contribution in [2.24, 2.45) is 5.92 Å². The standard InChI is InChI=1S/C26H29ClN4O/c27-22-8-6-21(7-9-22)16-31-17-24-23(28-18-29-24)15-25(31)26(32)30-12-10-20(11-13-30)14-19-4-2-1-3-5-19/h1-9,18,20,25H,10-17H2,(H,28,29). The van der Waals surface area contributed by atoms with Crippen molar-refractivity contribution >= 4 is 17.5 Å². The van der Waals surface area contributed by atoms with E-state index in [1.54, 1.807) is 6.33 Å². The fraction of sp³-hybridized carbons (Fsp3) is 0.385. The molecule has 5 nitrogen and oxygen atoms in total. The minimum absolute atomic E-state index is 0.174. The minimum Gasteiger partial charge on any atom is -0.347 e. The van der Waals surface area contributed by atoms with Crippen LogP contribution in [0.2, 0.25) is 5.02 Å². The van der Waals surface area contributed by atoms with Crippen LogP contribution in [0, 0.1) is 5.92 Å². The van der Waals surface area contributed by atoms with Gasteiger partial charge >= 0.3 is 0 Å². The molecule has 1 aromatic heterocycles. The predicted molar refractivity (Wildman–Crippen MR) is 126 cm³/mol. The molecule has 1 saturated heterocycles. The lowest BCUT2D eigenvalue weighted by atomic mass is 9.89. The van der Waals surface area contributed by atoms with Crippen molar-refractivity contribution in [3.8, 4) is 0 Å². The average Bonchev–Trinajstić information content (AvgIpc) is 3.28. The second-order valence-electron chi connectivity index (χ2n) is 9.04. The molecule has 166 valence electrons. The Kier molecular flexibility index (Phi) is 6.28. The molecule has 1 amide bonds. The predicted octanol–water partition coefficient (Wildman–Crippen LogP) is 4.47. The molecule has 6 heteroatoms. The summed E-state index contributed by atoms with van der Waals surface area (Å²) >= 11 is 6.06. The van der Waals surface area contributed by atoms with Gasteiger partial charge < -0.3 is 9.88 Å². The Hall–Kier alpha value is -2.63. The molecule has 0 radical (unpaired) electrons. The molecule has 1 fully saturated rings. The van der Waals surface area contributed by atoms with Gasteiger partial charge in [-0.25, -0.2) is 4.98 Å². The molecule has 0 saturated carbocycles. The van der Waals surface area contributed by atoms with Gasteiger partial charge in [-0.2, -0.15) is 0 Å². The minimum atomic E-state index is -0.174. The van der Waals surface area contributed by atoms with Crippen molar-refractivity contribution in [3.05, 3.63) is 88.5 Å². The molecular formula is C26H29ClN4O. The summed E-state index contributed by atoms with van der Waals surface area (Å²) in [6.07, 6.45) is 5.64. The number of benzene rings is 2. The van der Waals surface area contributed by atoms with Crippen LogP contribution in [-0.4, -0.2) is 44.8 Å². The number of piperidine rings is 1. The van der Waals surface area contributed by atoms with Gasteiger partial charge in [0.2, 0.25) is 5.91 Å². The van der Waals surface area contributed by atoms with Crippen molar-refractivity contribution in [1.82, 2.24) is 19.8 Å². The topological polar surface area (TPSA) is 52.2 Å². The summed E-state index contributed by atoms with van der Waals surface area (Å²) < 4.78 is 0. The highest BCUT2D eigenvalue weighted by molar-refractivity contribution is 6.30. The van der Waals surface area contributed by atoms with Crippen LogP contribution in [-0.2, 0) is 30.7 Å². The van der Waals surface area contributed by atoms with Crippen molar-refractivity contribution < 1.29 is 4.79 Å². The van der Waals surface area contributed by atoms with Gasteiger partial charge in [-0.1, -0.05) is 54.1 Å². The second kappa shape index (κ2) is 9.47. The van der Waals surface area contributed by atoms with E-state index in [9.17, 15) is 4.79 Å². The summed E-state index contributed by atoms with van der Waals surface area (Å²) in [6, 6.07) is 18.4. The van der Waals surface area contributed by atoms with Crippen LogP contribution in [0.4, 0.5) is 0 Å². The molecule has 3 heterocycles. The first kappa shape index (κ1) is 21.2. The summed E-state index contributed by atoms with van der Waals surface area (Å²) in [5.41, 5.74) is 4.70. The Balaban J connectivity index is 1.26. The van der Waals surface area contributed by atoms with Crippen molar-refractivity contribution in [2.45, 2.75) is 44.8 Å². The zero-order valence-electron chi connectivity index (χ0n) is 18.2. The molecule has 0 spiro atoms. The Labute approximate surface area is 194 Å². The number of carbonyl (C=O) groups excluding carboxylic acids is 1. The molecule has 3 aromatic rings. The van der Waals surface area contributed by atoms with Crippen LogP contribution >= 0.6 is 11.6 Å². The third-order valence-corrected chi connectivity index (χ3v) is 7.13. The van der Waals surface area contributed by atoms with Gasteiger partial charge in [0.25, 0.3) is 0 Å². The molecular weight excluding hydrogens is 420 g/mol. The van der Waals surface area contributed by atoms with Gasteiger partial charge in [0.15, 0.2) is 0 Å². The number of hydrogen-bond acceptors (Lipinski definition) is 3. The maximum Gasteiger partial charge on any atom is 0.240 e. The van der Waals surface area contributed by atoms with Gasteiger partial charge in [0.05, 0.1) is 23.8 Å². The number of nitrogens with zero attached hydrogens (tertiary/aromatic N) is 3. The number of carbonyl (C=O) groups is 1. The van der Waals surface area contributed by atoms with Crippen LogP contribution in [0.15, 0.2) is 60.9 Å². The Morgan fingerprint density at radius 3 is 2.53 bits per heavy atom. The van der Waals surface area contributed by atoms with Crippen LogP contribution in [0.1, 0.15) is 35.4 Å². The Bertz CT molecular complexity index is 1040. The van der Waals surface area contributed by atoms with E-state index in [0.29, 0.717) is 18.9 Å². The van der Waals surface area contributed by atoms with Crippen molar-refractivity contribution in [3.63, 3.8) is 0 Å². The first-order valence-electron chi connectivity index (χ1n) is 11.5. The molecule has 0 aliphatic carbocycles. The number of amides is 1. The first-order chi connectivity index (χ1) is 15.7. The number of H-pyrrole nitrogens is 1. The fourth-order valence-electron chi connectivity index (χ4n) is 5.04. The smallest absolute Gasteiger partial charge is 0.240 e. The van der Waals surface area contributed by atoms with Crippen LogP contribution in [0.25, 0.3) is 0 Å². The van der Waals surface area contributed by atoms with E-state index in [2.05, 4.69) is 50.1 Å². The van der Waals surface area contributed by atoms with E-state index in [-0.39, 0.29) is 11.9 Å². The molecule has 2 aliphatic heterocycles. The number of aromatic amines is 1. The maximum atomic E-state index is 13.6. The molecule has 2 aromatic carbocycles. The number of halogens is 1. The number of fused-ring (bicyclic) bond motifs is 1. The monoisotopic (exact) mass is 448 g/mol. The number of rotatable bonds is 5. The van der Waals surface area contributed by atoms with Gasteiger partial charge in [0, 0.05) is 37.6 Å². The maximum absolute atomic E-state index is 13.6. The zero-order chi connectivity index (χ0) is 21.9. The molecule has 32 heavy (non-hydrogen) atoms. The normalized spacial score (nSPS) is 19.7. The van der Waals surface area contributed by atoms with Crippen molar-refractivity contribution in [1.29, 1.82) is 0 Å². The van der Waals surface area contributed by atoms with E-state index in [1.807, 2.05) is 24.3 Å². The third kappa shape index (κ3) is 4.74. The summed E-state index contributed by atoms with van der Waals surface area (Å²) in [5, 5.41) is 0.731. The number of nitrogens with one attached hydrogen (secondary N) is 1. The zero-order valence-corrected chi connectivity index (χ0v) is 19.0. The largest absolute Gasteiger partial charge is 0.347 e. The SMILES string of the molecule is O=C(C1Cc2nc[nH]c2CN1Cc1ccc(Cl)cc1)N1CCC(Cc2ccccc2)CC1. The summed E-state index contributed by atoms with van der Waals surface area (Å²) in [6.45, 7) is 3.11. The number of aromatic nitrogens is 2. The van der Waals surface area contributed by atoms with E-state index >= 15 is 0 Å². The quantitative estimate of drug-likeness (QED) is 0.626. The van der Waals surface area contributed by atoms with E-state index in [4.69, 9.17) is 11.6 Å². The highest BCUT2D eigenvalue weighted by Gasteiger charge is 2.36. The van der Waals surface area contributed by atoms with Gasteiger partial charge in [-0.15, -0.1) is 0 Å². The average molecular weight is 449 g/mol. The molecule has 5 rings (SSSR count). The lowest BCUT2D eigenvalue weighted by Crippen LogP contribution is -2.53. The fourth-order valence-corrected chi connectivity index (χ4v) is 5.16.